The topological polar surface area (TPSA) is 58.2 Å². The van der Waals surface area contributed by atoms with E-state index in [4.69, 9.17) is 0 Å². The zero-order chi connectivity index (χ0) is 17.5. The lowest BCUT2D eigenvalue weighted by atomic mass is 10.1. The summed E-state index contributed by atoms with van der Waals surface area (Å²) in [4.78, 5) is 24.2. The first-order valence-electron chi connectivity index (χ1n) is 8.87. The van der Waals surface area contributed by atoms with Crippen molar-refractivity contribution in [3.63, 3.8) is 0 Å². The summed E-state index contributed by atoms with van der Waals surface area (Å²) in [6, 6.07) is 20.1. The molecule has 0 bridgehead atoms. The Hall–Kier alpha value is -2.62. The molecule has 1 saturated carbocycles. The highest BCUT2D eigenvalue weighted by molar-refractivity contribution is 5.92. The number of carbonyl (C=O) groups is 2. The van der Waals surface area contributed by atoms with Crippen LogP contribution in [-0.4, -0.2) is 24.9 Å². The third-order valence-electron chi connectivity index (χ3n) is 4.58. The molecule has 2 unspecified atom stereocenters. The summed E-state index contributed by atoms with van der Waals surface area (Å²) in [6.07, 6.45) is 2.29. The second-order valence-corrected chi connectivity index (χ2v) is 6.50. The molecule has 130 valence electrons. The van der Waals surface area contributed by atoms with E-state index in [9.17, 15) is 9.59 Å². The van der Waals surface area contributed by atoms with Gasteiger partial charge in [0.25, 0.3) is 0 Å². The molecule has 1 fully saturated rings. The smallest absolute Gasteiger partial charge is 0.223 e. The lowest BCUT2D eigenvalue weighted by Crippen LogP contribution is -2.32. The number of amides is 2. The van der Waals surface area contributed by atoms with Crippen molar-refractivity contribution in [1.82, 2.24) is 10.6 Å². The first-order valence-corrected chi connectivity index (χ1v) is 8.87. The van der Waals surface area contributed by atoms with E-state index >= 15 is 0 Å². The first-order chi connectivity index (χ1) is 12.2. The maximum Gasteiger partial charge on any atom is 0.223 e. The van der Waals surface area contributed by atoms with Crippen LogP contribution in [0.5, 0.6) is 0 Å². The molecule has 0 saturated heterocycles. The zero-order valence-corrected chi connectivity index (χ0v) is 14.3. The average Bonchev–Trinajstić information content (AvgIpc) is 3.44. The third kappa shape index (κ3) is 5.18. The second-order valence-electron chi connectivity index (χ2n) is 6.50. The van der Waals surface area contributed by atoms with Gasteiger partial charge in [-0.15, -0.1) is 0 Å². The van der Waals surface area contributed by atoms with Crippen molar-refractivity contribution in [1.29, 1.82) is 0 Å². The van der Waals surface area contributed by atoms with Gasteiger partial charge in [0.2, 0.25) is 11.8 Å². The van der Waals surface area contributed by atoms with Gasteiger partial charge in [0.15, 0.2) is 0 Å². The summed E-state index contributed by atoms with van der Waals surface area (Å²) in [7, 11) is 0. The van der Waals surface area contributed by atoms with E-state index in [1.165, 1.54) is 11.1 Å². The van der Waals surface area contributed by atoms with Gasteiger partial charge in [-0.3, -0.25) is 9.59 Å². The fourth-order valence-electron chi connectivity index (χ4n) is 2.99. The van der Waals surface area contributed by atoms with E-state index in [0.29, 0.717) is 19.5 Å². The van der Waals surface area contributed by atoms with Gasteiger partial charge in [-0.25, -0.2) is 0 Å². The number of hydrogen-bond donors (Lipinski definition) is 2. The first kappa shape index (κ1) is 17.2. The molecule has 4 heteroatoms. The van der Waals surface area contributed by atoms with Gasteiger partial charge in [0, 0.05) is 13.1 Å². The van der Waals surface area contributed by atoms with Gasteiger partial charge in [-0.05, 0) is 30.4 Å². The second kappa shape index (κ2) is 8.47. The SMILES string of the molecule is O=C(NCCc1ccccc1)C1CC1C(=O)NCCc1ccccc1. The summed E-state index contributed by atoms with van der Waals surface area (Å²) in [6.45, 7) is 1.23. The molecule has 0 heterocycles. The average molecular weight is 336 g/mol. The van der Waals surface area contributed by atoms with Crippen LogP contribution in [0.15, 0.2) is 60.7 Å². The van der Waals surface area contributed by atoms with Crippen molar-refractivity contribution in [2.24, 2.45) is 11.8 Å². The summed E-state index contributed by atoms with van der Waals surface area (Å²) >= 11 is 0. The van der Waals surface area contributed by atoms with Crippen molar-refractivity contribution in [3.05, 3.63) is 71.8 Å². The summed E-state index contributed by atoms with van der Waals surface area (Å²) in [5.74, 6) is -0.321. The maximum atomic E-state index is 12.1. The number of benzene rings is 2. The van der Waals surface area contributed by atoms with Crippen molar-refractivity contribution in [2.75, 3.05) is 13.1 Å². The van der Waals surface area contributed by atoms with E-state index in [2.05, 4.69) is 10.6 Å². The quantitative estimate of drug-likeness (QED) is 0.777. The Kier molecular flexibility index (Phi) is 5.83. The lowest BCUT2D eigenvalue weighted by Gasteiger charge is -2.06. The predicted molar refractivity (Wildman–Crippen MR) is 97.9 cm³/mol. The van der Waals surface area contributed by atoms with E-state index in [1.54, 1.807) is 0 Å². The molecule has 1 aliphatic rings. The molecule has 4 nitrogen and oxygen atoms in total. The van der Waals surface area contributed by atoms with Gasteiger partial charge in [0.05, 0.1) is 11.8 Å². The Balaban J connectivity index is 1.32. The number of nitrogens with one attached hydrogen (secondary N) is 2. The predicted octanol–water partition coefficient (Wildman–Crippen LogP) is 2.34. The molecule has 25 heavy (non-hydrogen) atoms. The molecular weight excluding hydrogens is 312 g/mol. The number of rotatable bonds is 8. The molecule has 0 spiro atoms. The van der Waals surface area contributed by atoms with Gasteiger partial charge in [0.1, 0.15) is 0 Å². The van der Waals surface area contributed by atoms with Crippen molar-refractivity contribution < 1.29 is 9.59 Å². The number of hydrogen-bond acceptors (Lipinski definition) is 2. The highest BCUT2D eigenvalue weighted by Crippen LogP contribution is 2.38. The van der Waals surface area contributed by atoms with E-state index in [-0.39, 0.29) is 23.7 Å². The fraction of sp³-hybridized carbons (Fsp3) is 0.333. The molecule has 0 aliphatic heterocycles. The molecule has 2 aromatic rings. The summed E-state index contributed by atoms with van der Waals surface area (Å²) in [5, 5.41) is 5.88. The van der Waals surface area contributed by atoms with Crippen molar-refractivity contribution in [2.45, 2.75) is 19.3 Å². The zero-order valence-electron chi connectivity index (χ0n) is 14.3. The number of carbonyl (C=O) groups excluding carboxylic acids is 2. The summed E-state index contributed by atoms with van der Waals surface area (Å²) in [5.41, 5.74) is 2.41. The molecule has 2 N–H and O–H groups in total. The Morgan fingerprint density at radius 3 is 1.52 bits per heavy atom. The van der Waals surface area contributed by atoms with Crippen LogP contribution in [0.2, 0.25) is 0 Å². The maximum absolute atomic E-state index is 12.1. The Bertz CT molecular complexity index is 639. The van der Waals surface area contributed by atoms with E-state index in [1.807, 2.05) is 60.7 Å². The molecule has 0 radical (unpaired) electrons. The van der Waals surface area contributed by atoms with Gasteiger partial charge < -0.3 is 10.6 Å². The van der Waals surface area contributed by atoms with Crippen molar-refractivity contribution >= 4 is 11.8 Å². The normalized spacial score (nSPS) is 18.4. The largest absolute Gasteiger partial charge is 0.356 e. The molecule has 2 amide bonds. The van der Waals surface area contributed by atoms with Gasteiger partial charge in [-0.2, -0.15) is 0 Å². The van der Waals surface area contributed by atoms with Crippen LogP contribution < -0.4 is 10.6 Å². The van der Waals surface area contributed by atoms with Crippen LogP contribution in [0.25, 0.3) is 0 Å². The Labute approximate surface area is 148 Å². The Morgan fingerprint density at radius 1 is 0.720 bits per heavy atom. The molecule has 2 atom stereocenters. The molecular formula is C21H24N2O2. The molecule has 2 aromatic carbocycles. The van der Waals surface area contributed by atoms with Crippen LogP contribution >= 0.6 is 0 Å². The Morgan fingerprint density at radius 2 is 1.12 bits per heavy atom. The molecule has 0 aromatic heterocycles. The minimum Gasteiger partial charge on any atom is -0.356 e. The molecule has 1 aliphatic carbocycles. The van der Waals surface area contributed by atoms with Gasteiger partial charge >= 0.3 is 0 Å². The van der Waals surface area contributed by atoms with E-state index in [0.717, 1.165) is 12.8 Å². The van der Waals surface area contributed by atoms with E-state index < -0.39 is 0 Å². The van der Waals surface area contributed by atoms with Crippen LogP contribution in [0.3, 0.4) is 0 Å². The highest BCUT2D eigenvalue weighted by Gasteiger charge is 2.47. The van der Waals surface area contributed by atoms with Crippen LogP contribution in [-0.2, 0) is 22.4 Å². The lowest BCUT2D eigenvalue weighted by molar-refractivity contribution is -0.127. The molecule has 3 rings (SSSR count). The summed E-state index contributed by atoms with van der Waals surface area (Å²) < 4.78 is 0. The minimum absolute atomic E-state index is 0.000796. The third-order valence-corrected chi connectivity index (χ3v) is 4.58. The highest BCUT2D eigenvalue weighted by atomic mass is 16.2. The van der Waals surface area contributed by atoms with Crippen LogP contribution in [0.1, 0.15) is 17.5 Å². The monoisotopic (exact) mass is 336 g/mol. The minimum atomic E-state index is -0.160. The fourth-order valence-corrected chi connectivity index (χ4v) is 2.99. The van der Waals surface area contributed by atoms with Crippen LogP contribution in [0, 0.1) is 11.8 Å². The van der Waals surface area contributed by atoms with Crippen LogP contribution in [0.4, 0.5) is 0 Å². The van der Waals surface area contributed by atoms with Gasteiger partial charge in [-0.1, -0.05) is 60.7 Å². The van der Waals surface area contributed by atoms with Crippen molar-refractivity contribution in [3.8, 4) is 0 Å². The standard InChI is InChI=1S/C21H24N2O2/c24-20(22-13-11-16-7-3-1-4-8-16)18-15-19(18)21(25)23-14-12-17-9-5-2-6-10-17/h1-10,18-19H,11-15H2,(H,22,24)(H,23,25).